The van der Waals surface area contributed by atoms with Crippen molar-refractivity contribution in [3.05, 3.63) is 68.6 Å². The molecule has 2 aromatic rings. The third-order valence-corrected chi connectivity index (χ3v) is 4.63. The number of hydrogen-bond donors (Lipinski definition) is 1. The lowest BCUT2D eigenvalue weighted by Crippen LogP contribution is -2.30. The lowest BCUT2D eigenvalue weighted by molar-refractivity contribution is 0.241. The van der Waals surface area contributed by atoms with Crippen LogP contribution < -0.4 is 5.73 Å². The zero-order valence-corrected chi connectivity index (χ0v) is 14.6. The van der Waals surface area contributed by atoms with Gasteiger partial charge in [0.2, 0.25) is 0 Å². The van der Waals surface area contributed by atoms with Crippen LogP contribution >= 0.6 is 31.9 Å². The van der Waals surface area contributed by atoms with Gasteiger partial charge >= 0.3 is 0 Å². The maximum Gasteiger partial charge on any atom is 0.0471 e. The molecule has 2 aromatic carbocycles. The minimum atomic E-state index is 0.208. The largest absolute Gasteiger partial charge is 0.329 e. The summed E-state index contributed by atoms with van der Waals surface area (Å²) in [4.78, 5) is 2.28. The number of nitrogens with zero attached hydrogens (tertiary/aromatic N) is 1. The number of rotatable bonds is 5. The normalized spacial score (nSPS) is 12.7. The van der Waals surface area contributed by atoms with E-state index in [4.69, 9.17) is 5.73 Å². The van der Waals surface area contributed by atoms with E-state index in [1.165, 1.54) is 11.1 Å². The first-order chi connectivity index (χ1) is 9.61. The van der Waals surface area contributed by atoms with Crippen LogP contribution in [-0.4, -0.2) is 18.5 Å². The summed E-state index contributed by atoms with van der Waals surface area (Å²) < 4.78 is 2.22. The van der Waals surface area contributed by atoms with Crippen LogP contribution in [0.15, 0.2) is 57.5 Å². The lowest BCUT2D eigenvalue weighted by atomic mass is 10.1. The molecule has 0 saturated heterocycles. The molecule has 0 fully saturated rings. The molecule has 2 N–H and O–H groups in total. The Hall–Kier alpha value is -0.680. The number of halogens is 2. The standard InChI is InChI=1S/C16H18Br2N2/c1-20(11-13-5-2-3-8-15(13)18)16(10-19)12-6-4-7-14(17)9-12/h2-9,16H,10-11,19H2,1H3. The molecular weight excluding hydrogens is 380 g/mol. The molecule has 0 spiro atoms. The first-order valence-electron chi connectivity index (χ1n) is 6.51. The van der Waals surface area contributed by atoms with E-state index < -0.39 is 0 Å². The van der Waals surface area contributed by atoms with Crippen LogP contribution in [0.25, 0.3) is 0 Å². The van der Waals surface area contributed by atoms with Crippen molar-refractivity contribution in [1.29, 1.82) is 0 Å². The zero-order valence-electron chi connectivity index (χ0n) is 11.4. The molecule has 0 radical (unpaired) electrons. The van der Waals surface area contributed by atoms with Crippen molar-refractivity contribution < 1.29 is 0 Å². The Balaban J connectivity index is 2.17. The molecule has 1 atom stereocenters. The average molecular weight is 398 g/mol. The molecule has 1 unspecified atom stereocenters. The summed E-state index contributed by atoms with van der Waals surface area (Å²) in [5, 5.41) is 0. The number of nitrogens with two attached hydrogens (primary N) is 1. The Bertz CT molecular complexity index is 572. The molecule has 0 bridgehead atoms. The van der Waals surface area contributed by atoms with Gasteiger partial charge in [0.25, 0.3) is 0 Å². The van der Waals surface area contributed by atoms with Crippen molar-refractivity contribution in [1.82, 2.24) is 4.90 Å². The van der Waals surface area contributed by atoms with Gasteiger partial charge in [-0.2, -0.15) is 0 Å². The number of hydrogen-bond acceptors (Lipinski definition) is 2. The van der Waals surface area contributed by atoms with E-state index in [9.17, 15) is 0 Å². The highest BCUT2D eigenvalue weighted by atomic mass is 79.9. The van der Waals surface area contributed by atoms with E-state index in [1.54, 1.807) is 0 Å². The number of benzene rings is 2. The van der Waals surface area contributed by atoms with Crippen molar-refractivity contribution in [2.24, 2.45) is 5.73 Å². The minimum absolute atomic E-state index is 0.208. The Kier molecular flexibility index (Phi) is 5.78. The van der Waals surface area contributed by atoms with Crippen molar-refractivity contribution >= 4 is 31.9 Å². The fourth-order valence-electron chi connectivity index (χ4n) is 2.29. The second kappa shape index (κ2) is 7.36. The average Bonchev–Trinajstić information content (AvgIpc) is 2.42. The highest BCUT2D eigenvalue weighted by Crippen LogP contribution is 2.25. The summed E-state index contributed by atoms with van der Waals surface area (Å²) in [5.74, 6) is 0. The zero-order chi connectivity index (χ0) is 14.5. The lowest BCUT2D eigenvalue weighted by Gasteiger charge is -2.28. The predicted octanol–water partition coefficient (Wildman–Crippen LogP) is 4.34. The third-order valence-electron chi connectivity index (χ3n) is 3.37. The third kappa shape index (κ3) is 3.92. The van der Waals surface area contributed by atoms with Gasteiger partial charge in [-0.05, 0) is 36.4 Å². The summed E-state index contributed by atoms with van der Waals surface area (Å²) in [5.41, 5.74) is 8.48. The molecule has 0 heterocycles. The monoisotopic (exact) mass is 396 g/mol. The molecule has 0 aliphatic rings. The fraction of sp³-hybridized carbons (Fsp3) is 0.250. The van der Waals surface area contributed by atoms with E-state index in [-0.39, 0.29) is 6.04 Å². The van der Waals surface area contributed by atoms with E-state index in [0.29, 0.717) is 6.54 Å². The summed E-state index contributed by atoms with van der Waals surface area (Å²) in [6, 6.07) is 16.8. The van der Waals surface area contributed by atoms with Crippen molar-refractivity contribution in [2.75, 3.05) is 13.6 Å². The highest BCUT2D eigenvalue weighted by Gasteiger charge is 2.16. The van der Waals surface area contributed by atoms with Gasteiger partial charge < -0.3 is 5.73 Å². The molecule has 0 aliphatic heterocycles. The summed E-state index contributed by atoms with van der Waals surface area (Å²) >= 11 is 7.12. The van der Waals surface area contributed by atoms with Crippen LogP contribution in [0.4, 0.5) is 0 Å². The first-order valence-corrected chi connectivity index (χ1v) is 8.09. The quantitative estimate of drug-likeness (QED) is 0.812. The molecule has 0 aliphatic carbocycles. The highest BCUT2D eigenvalue weighted by molar-refractivity contribution is 9.10. The van der Waals surface area contributed by atoms with E-state index in [0.717, 1.165) is 15.5 Å². The molecule has 4 heteroatoms. The van der Waals surface area contributed by atoms with Crippen LogP contribution in [0.5, 0.6) is 0 Å². The summed E-state index contributed by atoms with van der Waals surface area (Å²) in [6.45, 7) is 1.45. The van der Waals surface area contributed by atoms with Gasteiger partial charge in [0.15, 0.2) is 0 Å². The van der Waals surface area contributed by atoms with Crippen LogP contribution in [0.2, 0.25) is 0 Å². The van der Waals surface area contributed by atoms with E-state index in [2.05, 4.69) is 74.1 Å². The summed E-state index contributed by atoms with van der Waals surface area (Å²) in [6.07, 6.45) is 0. The molecular formula is C16H18Br2N2. The molecule has 2 rings (SSSR count). The maximum atomic E-state index is 5.98. The van der Waals surface area contributed by atoms with Crippen molar-refractivity contribution in [2.45, 2.75) is 12.6 Å². The molecule has 20 heavy (non-hydrogen) atoms. The van der Waals surface area contributed by atoms with Gasteiger partial charge in [0.1, 0.15) is 0 Å². The van der Waals surface area contributed by atoms with Crippen LogP contribution in [0, 0.1) is 0 Å². The second-order valence-electron chi connectivity index (χ2n) is 4.81. The smallest absolute Gasteiger partial charge is 0.0471 e. The molecule has 0 aromatic heterocycles. The Morgan fingerprint density at radius 2 is 1.85 bits per heavy atom. The summed E-state index contributed by atoms with van der Waals surface area (Å²) in [7, 11) is 2.11. The van der Waals surface area contributed by atoms with E-state index in [1.807, 2.05) is 18.2 Å². The molecule has 0 saturated carbocycles. The van der Waals surface area contributed by atoms with Crippen molar-refractivity contribution in [3.63, 3.8) is 0 Å². The minimum Gasteiger partial charge on any atom is -0.329 e. The SMILES string of the molecule is CN(Cc1ccccc1Br)C(CN)c1cccc(Br)c1. The Morgan fingerprint density at radius 3 is 2.50 bits per heavy atom. The van der Waals surface area contributed by atoms with Gasteiger partial charge in [-0.25, -0.2) is 0 Å². The van der Waals surface area contributed by atoms with Crippen molar-refractivity contribution in [3.8, 4) is 0 Å². The second-order valence-corrected chi connectivity index (χ2v) is 6.58. The van der Waals surface area contributed by atoms with Crippen LogP contribution in [-0.2, 0) is 6.54 Å². The van der Waals surface area contributed by atoms with Gasteiger partial charge in [0, 0.05) is 28.1 Å². The van der Waals surface area contributed by atoms with Gasteiger partial charge in [-0.15, -0.1) is 0 Å². The topological polar surface area (TPSA) is 29.3 Å². The predicted molar refractivity (Wildman–Crippen MR) is 91.5 cm³/mol. The Labute approximate surface area is 137 Å². The molecule has 0 amide bonds. The number of likely N-dealkylation sites (N-methyl/N-ethyl adjacent to an activating group) is 1. The fourth-order valence-corrected chi connectivity index (χ4v) is 3.12. The molecule has 106 valence electrons. The molecule has 2 nitrogen and oxygen atoms in total. The van der Waals surface area contributed by atoms with Gasteiger partial charge in [-0.1, -0.05) is 62.2 Å². The van der Waals surface area contributed by atoms with E-state index >= 15 is 0 Å². The van der Waals surface area contributed by atoms with Crippen LogP contribution in [0.1, 0.15) is 17.2 Å². The van der Waals surface area contributed by atoms with Crippen LogP contribution in [0.3, 0.4) is 0 Å². The van der Waals surface area contributed by atoms with Gasteiger partial charge in [0.05, 0.1) is 0 Å². The maximum absolute atomic E-state index is 5.98. The Morgan fingerprint density at radius 1 is 1.10 bits per heavy atom. The first kappa shape index (κ1) is 15.7. The van der Waals surface area contributed by atoms with Gasteiger partial charge in [-0.3, -0.25) is 4.90 Å².